The second kappa shape index (κ2) is 7.28. The summed E-state index contributed by atoms with van der Waals surface area (Å²) in [5, 5.41) is 6.07. The molecule has 0 aromatic carbocycles. The highest BCUT2D eigenvalue weighted by molar-refractivity contribution is 7.09. The van der Waals surface area contributed by atoms with E-state index < -0.39 is 5.54 Å². The molecular weight excluding hydrogens is 293 g/mol. The molecule has 1 aliphatic rings. The van der Waals surface area contributed by atoms with E-state index in [2.05, 4.69) is 22.6 Å². The molecule has 1 fully saturated rings. The first-order valence-corrected chi connectivity index (χ1v) is 6.52. The summed E-state index contributed by atoms with van der Waals surface area (Å²) in [6.45, 7) is 2.72. The molecule has 0 unspecified atom stereocenters. The zero-order valence-electron chi connectivity index (χ0n) is 10.3. The fraction of sp³-hybridized carbons (Fsp3) is 0.636. The molecule has 0 atom stereocenters. The lowest BCUT2D eigenvalue weighted by Crippen LogP contribution is -2.43. The van der Waals surface area contributed by atoms with Gasteiger partial charge in [-0.15, -0.1) is 36.2 Å². The number of rotatable bonds is 5. The van der Waals surface area contributed by atoms with Crippen LogP contribution < -0.4 is 11.1 Å². The van der Waals surface area contributed by atoms with Crippen molar-refractivity contribution in [3.63, 3.8) is 0 Å². The van der Waals surface area contributed by atoms with Crippen LogP contribution in [0.15, 0.2) is 5.38 Å². The summed E-state index contributed by atoms with van der Waals surface area (Å²) in [5.74, 6) is -0.0153. The lowest BCUT2D eigenvalue weighted by molar-refractivity contribution is -0.123. The van der Waals surface area contributed by atoms with Gasteiger partial charge in [0.15, 0.2) is 0 Å². The third kappa shape index (κ3) is 4.39. The van der Waals surface area contributed by atoms with Gasteiger partial charge in [-0.2, -0.15) is 0 Å². The second-order valence-corrected chi connectivity index (χ2v) is 5.19. The first-order chi connectivity index (χ1) is 7.64. The van der Waals surface area contributed by atoms with Crippen molar-refractivity contribution in [2.24, 2.45) is 5.73 Å². The highest BCUT2D eigenvalue weighted by Gasteiger charge is 2.45. The van der Waals surface area contributed by atoms with Crippen LogP contribution in [0.1, 0.15) is 30.5 Å². The molecule has 18 heavy (non-hydrogen) atoms. The first kappa shape index (κ1) is 17.6. The van der Waals surface area contributed by atoms with E-state index in [1.165, 1.54) is 0 Å². The molecule has 2 rings (SSSR count). The number of aryl methyl sites for hydroxylation is 1. The van der Waals surface area contributed by atoms with Gasteiger partial charge in [0, 0.05) is 18.3 Å². The number of hydrogen-bond donors (Lipinski definition) is 2. The number of carbonyl (C=O) groups is 1. The van der Waals surface area contributed by atoms with Gasteiger partial charge in [0.05, 0.1) is 16.2 Å². The van der Waals surface area contributed by atoms with E-state index in [9.17, 15) is 4.79 Å². The van der Waals surface area contributed by atoms with Gasteiger partial charge in [0.2, 0.25) is 5.91 Å². The van der Waals surface area contributed by atoms with E-state index in [4.69, 9.17) is 5.73 Å². The number of nitrogens with zero attached hydrogens (tertiary/aromatic N) is 1. The largest absolute Gasteiger partial charge is 0.354 e. The maximum absolute atomic E-state index is 11.5. The van der Waals surface area contributed by atoms with Crippen molar-refractivity contribution in [2.45, 2.75) is 38.1 Å². The van der Waals surface area contributed by atoms with Crippen molar-refractivity contribution < 1.29 is 4.79 Å². The van der Waals surface area contributed by atoms with Crippen LogP contribution >= 0.6 is 36.2 Å². The minimum Gasteiger partial charge on any atom is -0.354 e. The average Bonchev–Trinajstić information content (AvgIpc) is 2.87. The molecule has 0 saturated heterocycles. The number of hydrogen-bond acceptors (Lipinski definition) is 4. The molecule has 1 saturated carbocycles. The Morgan fingerprint density at radius 2 is 2.22 bits per heavy atom. The number of amides is 1. The Labute approximate surface area is 124 Å². The summed E-state index contributed by atoms with van der Waals surface area (Å²) in [4.78, 5) is 16.0. The van der Waals surface area contributed by atoms with E-state index in [1.807, 2.05) is 0 Å². The Hall–Kier alpha value is -0.360. The Morgan fingerprint density at radius 1 is 1.56 bits per heavy atom. The van der Waals surface area contributed by atoms with Crippen molar-refractivity contribution in [3.8, 4) is 0 Å². The molecule has 1 aromatic rings. The summed E-state index contributed by atoms with van der Waals surface area (Å²) in [5.41, 5.74) is 6.27. The Kier molecular flexibility index (Phi) is 7.14. The molecular formula is C11H19Cl2N3OS. The predicted octanol–water partition coefficient (Wildman–Crippen LogP) is 1.70. The molecule has 0 radical (unpaired) electrons. The standard InChI is InChI=1S/C11H17N3OS.2ClH/c1-2-9-14-8(7-16-9)3-6-13-10(15)11(12)4-5-11;;/h7H,2-6,12H2,1H3,(H,13,15);2*1H. The van der Waals surface area contributed by atoms with Crippen LogP contribution in [0.3, 0.4) is 0 Å². The number of nitrogens with one attached hydrogen (secondary N) is 1. The average molecular weight is 312 g/mol. The van der Waals surface area contributed by atoms with Crippen LogP contribution in [-0.2, 0) is 17.6 Å². The van der Waals surface area contributed by atoms with E-state index >= 15 is 0 Å². The van der Waals surface area contributed by atoms with E-state index in [1.54, 1.807) is 11.3 Å². The Bertz CT molecular complexity index is 393. The van der Waals surface area contributed by atoms with Gasteiger partial charge < -0.3 is 11.1 Å². The molecule has 1 amide bonds. The Morgan fingerprint density at radius 3 is 2.72 bits per heavy atom. The van der Waals surface area contributed by atoms with Gasteiger partial charge in [0.25, 0.3) is 0 Å². The summed E-state index contributed by atoms with van der Waals surface area (Å²) >= 11 is 1.68. The Balaban J connectivity index is 0.00000144. The normalized spacial score (nSPS) is 15.2. The lowest BCUT2D eigenvalue weighted by atomic mass is 10.2. The number of thiazole rings is 1. The number of nitrogens with two attached hydrogens (primary N) is 1. The summed E-state index contributed by atoms with van der Waals surface area (Å²) in [6.07, 6.45) is 3.40. The fourth-order valence-corrected chi connectivity index (χ4v) is 2.25. The van der Waals surface area contributed by atoms with Crippen molar-refractivity contribution in [3.05, 3.63) is 16.1 Å². The molecule has 0 bridgehead atoms. The van der Waals surface area contributed by atoms with Gasteiger partial charge in [-0.05, 0) is 19.3 Å². The second-order valence-electron chi connectivity index (χ2n) is 4.25. The number of carbonyl (C=O) groups excluding carboxylic acids is 1. The number of aromatic nitrogens is 1. The van der Waals surface area contributed by atoms with Crippen LogP contribution in [0.4, 0.5) is 0 Å². The van der Waals surface area contributed by atoms with Crippen LogP contribution in [0.25, 0.3) is 0 Å². The van der Waals surface area contributed by atoms with Crippen molar-refractivity contribution >= 4 is 42.1 Å². The SMILES string of the molecule is CCc1nc(CCNC(=O)C2(N)CC2)cs1.Cl.Cl. The molecule has 0 spiro atoms. The molecule has 1 aromatic heterocycles. The van der Waals surface area contributed by atoms with Crippen molar-refractivity contribution in [1.29, 1.82) is 0 Å². The molecule has 1 heterocycles. The minimum atomic E-state index is -0.559. The van der Waals surface area contributed by atoms with Crippen molar-refractivity contribution in [2.75, 3.05) is 6.54 Å². The van der Waals surface area contributed by atoms with Crippen molar-refractivity contribution in [1.82, 2.24) is 10.3 Å². The van der Waals surface area contributed by atoms with Gasteiger partial charge in [-0.25, -0.2) is 4.98 Å². The molecule has 104 valence electrons. The van der Waals surface area contributed by atoms with Crippen LogP contribution in [0.5, 0.6) is 0 Å². The third-order valence-corrected chi connectivity index (χ3v) is 3.85. The fourth-order valence-electron chi connectivity index (χ4n) is 1.47. The first-order valence-electron chi connectivity index (χ1n) is 5.64. The van der Waals surface area contributed by atoms with Gasteiger partial charge in [0.1, 0.15) is 0 Å². The van der Waals surface area contributed by atoms with E-state index in [0.29, 0.717) is 6.54 Å². The third-order valence-electron chi connectivity index (χ3n) is 2.81. The zero-order chi connectivity index (χ0) is 11.6. The van der Waals surface area contributed by atoms with Crippen LogP contribution in [-0.4, -0.2) is 23.0 Å². The van der Waals surface area contributed by atoms with Gasteiger partial charge in [-0.1, -0.05) is 6.92 Å². The highest BCUT2D eigenvalue weighted by atomic mass is 35.5. The van der Waals surface area contributed by atoms with Crippen LogP contribution in [0, 0.1) is 0 Å². The monoisotopic (exact) mass is 311 g/mol. The zero-order valence-corrected chi connectivity index (χ0v) is 12.7. The summed E-state index contributed by atoms with van der Waals surface area (Å²) in [6, 6.07) is 0. The van der Waals surface area contributed by atoms with Crippen LogP contribution in [0.2, 0.25) is 0 Å². The lowest BCUT2D eigenvalue weighted by Gasteiger charge is -2.08. The van der Waals surface area contributed by atoms with Gasteiger partial charge in [-0.3, -0.25) is 4.79 Å². The topological polar surface area (TPSA) is 68.0 Å². The summed E-state index contributed by atoms with van der Waals surface area (Å²) < 4.78 is 0. The maximum atomic E-state index is 11.5. The molecule has 3 N–H and O–H groups in total. The predicted molar refractivity (Wildman–Crippen MR) is 78.9 cm³/mol. The molecule has 1 aliphatic carbocycles. The highest BCUT2D eigenvalue weighted by Crippen LogP contribution is 2.31. The summed E-state index contributed by atoms with van der Waals surface area (Å²) in [7, 11) is 0. The van der Waals surface area contributed by atoms with E-state index in [0.717, 1.165) is 36.4 Å². The number of halogens is 2. The van der Waals surface area contributed by atoms with E-state index in [-0.39, 0.29) is 30.7 Å². The molecule has 4 nitrogen and oxygen atoms in total. The molecule has 0 aliphatic heterocycles. The van der Waals surface area contributed by atoms with Gasteiger partial charge >= 0.3 is 0 Å². The maximum Gasteiger partial charge on any atom is 0.240 e. The quantitative estimate of drug-likeness (QED) is 0.869. The molecule has 7 heteroatoms. The minimum absolute atomic E-state index is 0. The smallest absolute Gasteiger partial charge is 0.240 e.